The smallest absolute Gasteiger partial charge is 0.222 e. The lowest BCUT2D eigenvalue weighted by Gasteiger charge is -2.33. The molecule has 1 atom stereocenters. The Morgan fingerprint density at radius 1 is 1.32 bits per heavy atom. The summed E-state index contributed by atoms with van der Waals surface area (Å²) in [4.78, 5) is 17.5. The number of allylic oxidation sites excluding steroid dienone is 4. The van der Waals surface area contributed by atoms with E-state index >= 15 is 0 Å². The normalized spacial score (nSPS) is 18.9. The second kappa shape index (κ2) is 8.08. The van der Waals surface area contributed by atoms with Crippen molar-refractivity contribution in [2.75, 3.05) is 7.05 Å². The van der Waals surface area contributed by atoms with Crippen molar-refractivity contribution in [3.8, 4) is 0 Å². The number of carbonyl (C=O) groups is 1. The minimum Gasteiger partial charge on any atom is -0.360 e. The van der Waals surface area contributed by atoms with Gasteiger partial charge in [-0.15, -0.1) is 0 Å². The van der Waals surface area contributed by atoms with Crippen LogP contribution in [0.3, 0.4) is 0 Å². The summed E-state index contributed by atoms with van der Waals surface area (Å²) < 4.78 is 13.4. The highest BCUT2D eigenvalue weighted by atomic mass is 19.1. The van der Waals surface area contributed by atoms with E-state index in [9.17, 15) is 9.18 Å². The zero-order chi connectivity index (χ0) is 20.3. The number of rotatable bonds is 5. The van der Waals surface area contributed by atoms with Crippen LogP contribution >= 0.6 is 0 Å². The van der Waals surface area contributed by atoms with Gasteiger partial charge in [0.25, 0.3) is 0 Å². The molecule has 2 N–H and O–H groups in total. The molecule has 0 saturated heterocycles. The van der Waals surface area contributed by atoms with Gasteiger partial charge < -0.3 is 15.5 Å². The van der Waals surface area contributed by atoms with Crippen LogP contribution in [0.15, 0.2) is 82.8 Å². The van der Waals surface area contributed by atoms with Gasteiger partial charge >= 0.3 is 0 Å². The van der Waals surface area contributed by atoms with Crippen LogP contribution in [0.5, 0.6) is 0 Å². The van der Waals surface area contributed by atoms with Crippen molar-refractivity contribution in [3.05, 3.63) is 89.2 Å². The number of hydrogen-bond donors (Lipinski definition) is 2. The van der Waals surface area contributed by atoms with Gasteiger partial charge in [0, 0.05) is 37.5 Å². The van der Waals surface area contributed by atoms with E-state index < -0.39 is 0 Å². The molecule has 2 heterocycles. The molecule has 0 bridgehead atoms. The van der Waals surface area contributed by atoms with Gasteiger partial charge in [-0.05, 0) is 54.5 Å². The van der Waals surface area contributed by atoms with Crippen molar-refractivity contribution < 1.29 is 9.18 Å². The molecule has 2 aliphatic rings. The number of carbonyl (C=O) groups excluding carboxylic acids is 1. The molecule has 0 aromatic heterocycles. The van der Waals surface area contributed by atoms with Crippen LogP contribution in [0.2, 0.25) is 0 Å². The van der Waals surface area contributed by atoms with Crippen LogP contribution in [0.4, 0.5) is 4.39 Å². The lowest BCUT2D eigenvalue weighted by atomic mass is 9.94. The molecule has 0 radical (unpaired) electrons. The minimum absolute atomic E-state index is 0.135. The van der Waals surface area contributed by atoms with Crippen molar-refractivity contribution in [2.45, 2.75) is 20.0 Å². The maximum atomic E-state index is 13.4. The van der Waals surface area contributed by atoms with Gasteiger partial charge in [-0.1, -0.05) is 12.7 Å². The second-order valence-electron chi connectivity index (χ2n) is 6.52. The highest BCUT2D eigenvalue weighted by Crippen LogP contribution is 2.39. The third-order valence-corrected chi connectivity index (χ3v) is 4.57. The van der Waals surface area contributed by atoms with E-state index in [2.05, 4.69) is 22.2 Å². The molecule has 1 unspecified atom stereocenters. The number of nitrogens with zero attached hydrogens (tertiary/aromatic N) is 2. The number of fused-ring (bicyclic) bond motifs is 1. The molecular formula is C22H23FN4O. The van der Waals surface area contributed by atoms with E-state index in [1.54, 1.807) is 24.5 Å². The van der Waals surface area contributed by atoms with Gasteiger partial charge in [-0.3, -0.25) is 9.79 Å². The number of nitrogens with one attached hydrogen (secondary N) is 2. The van der Waals surface area contributed by atoms with Crippen LogP contribution in [-0.4, -0.2) is 30.2 Å². The maximum absolute atomic E-state index is 13.4. The second-order valence-corrected chi connectivity index (χ2v) is 6.52. The van der Waals surface area contributed by atoms with Gasteiger partial charge in [0.15, 0.2) is 0 Å². The third kappa shape index (κ3) is 3.81. The molecule has 2 aliphatic heterocycles. The molecule has 0 saturated carbocycles. The lowest BCUT2D eigenvalue weighted by molar-refractivity contribution is -0.118. The van der Waals surface area contributed by atoms with Crippen LogP contribution in [0.25, 0.3) is 5.70 Å². The Hall–Kier alpha value is -3.41. The molecule has 0 aliphatic carbocycles. The van der Waals surface area contributed by atoms with Crippen LogP contribution < -0.4 is 10.6 Å². The topological polar surface area (TPSA) is 56.7 Å². The maximum Gasteiger partial charge on any atom is 0.222 e. The summed E-state index contributed by atoms with van der Waals surface area (Å²) in [6.07, 6.45) is 8.89. The van der Waals surface area contributed by atoms with Crippen LogP contribution in [0.1, 0.15) is 19.4 Å². The molecule has 1 amide bonds. The SMILES string of the molecule is C=C(/C=C\N=CC)C1=C(c2ccc(F)cc2)NC2C1=CC=C(NC(C)=O)N2C. The fourth-order valence-corrected chi connectivity index (χ4v) is 3.28. The molecule has 144 valence electrons. The Labute approximate surface area is 164 Å². The summed E-state index contributed by atoms with van der Waals surface area (Å²) in [6.45, 7) is 7.52. The molecule has 1 aromatic carbocycles. The number of benzene rings is 1. The zero-order valence-corrected chi connectivity index (χ0v) is 16.2. The van der Waals surface area contributed by atoms with Crippen molar-refractivity contribution in [1.29, 1.82) is 0 Å². The Kier molecular flexibility index (Phi) is 5.59. The highest BCUT2D eigenvalue weighted by molar-refractivity contribution is 5.82. The summed E-state index contributed by atoms with van der Waals surface area (Å²) in [7, 11) is 1.90. The largest absolute Gasteiger partial charge is 0.360 e. The van der Waals surface area contributed by atoms with E-state index in [0.29, 0.717) is 5.82 Å². The monoisotopic (exact) mass is 378 g/mol. The predicted octanol–water partition coefficient (Wildman–Crippen LogP) is 3.48. The standard InChI is InChI=1S/C22H23FN4O/c1-5-24-13-12-14(2)20-18-10-11-19(25-15(3)28)27(4)22(18)26-21(20)16-6-8-17(23)9-7-16/h5-13,22,26H,2H2,1,3-4H3,(H,25,28)/b13-12-,24-5?. The van der Waals surface area contributed by atoms with Gasteiger partial charge in [0.1, 0.15) is 17.8 Å². The minimum atomic E-state index is -0.289. The van der Waals surface area contributed by atoms with Gasteiger partial charge in [0.05, 0.1) is 5.70 Å². The molecule has 5 nitrogen and oxygen atoms in total. The van der Waals surface area contributed by atoms with E-state index in [4.69, 9.17) is 0 Å². The number of aliphatic imine (C=N–C) groups is 1. The van der Waals surface area contributed by atoms with E-state index in [1.165, 1.54) is 19.1 Å². The van der Waals surface area contributed by atoms with Crippen LogP contribution in [0, 0.1) is 5.82 Å². The van der Waals surface area contributed by atoms with Crippen molar-refractivity contribution >= 4 is 17.8 Å². The zero-order valence-electron chi connectivity index (χ0n) is 16.2. The number of hydrogen-bond acceptors (Lipinski definition) is 4. The number of likely N-dealkylation sites (N-methyl/N-ethyl adjacent to an activating group) is 1. The fraction of sp³-hybridized carbons (Fsp3) is 0.182. The average Bonchev–Trinajstić information content (AvgIpc) is 3.05. The van der Waals surface area contributed by atoms with Gasteiger partial charge in [-0.25, -0.2) is 4.39 Å². The van der Waals surface area contributed by atoms with E-state index in [0.717, 1.165) is 28.0 Å². The van der Waals surface area contributed by atoms with E-state index in [1.807, 2.05) is 37.1 Å². The summed E-state index contributed by atoms with van der Waals surface area (Å²) in [5, 5.41) is 6.32. The predicted molar refractivity (Wildman–Crippen MR) is 110 cm³/mol. The summed E-state index contributed by atoms with van der Waals surface area (Å²) in [5.74, 6) is 0.276. The summed E-state index contributed by atoms with van der Waals surface area (Å²) >= 11 is 0. The molecule has 0 spiro atoms. The lowest BCUT2D eigenvalue weighted by Crippen LogP contribution is -2.45. The molecular weight excluding hydrogens is 355 g/mol. The van der Waals surface area contributed by atoms with Crippen molar-refractivity contribution in [2.24, 2.45) is 4.99 Å². The Balaban J connectivity index is 2.07. The summed E-state index contributed by atoms with van der Waals surface area (Å²) in [6, 6.07) is 6.34. The summed E-state index contributed by atoms with van der Waals surface area (Å²) in [5.41, 5.74) is 4.46. The number of halogens is 1. The Bertz CT molecular complexity index is 951. The first kappa shape index (κ1) is 19.4. The fourth-order valence-electron chi connectivity index (χ4n) is 3.28. The Morgan fingerprint density at radius 2 is 2.04 bits per heavy atom. The molecule has 6 heteroatoms. The third-order valence-electron chi connectivity index (χ3n) is 4.57. The van der Waals surface area contributed by atoms with Crippen molar-refractivity contribution in [3.63, 3.8) is 0 Å². The number of amides is 1. The molecule has 1 aromatic rings. The molecule has 3 rings (SSSR count). The quantitative estimate of drug-likeness (QED) is 0.609. The highest BCUT2D eigenvalue weighted by Gasteiger charge is 2.35. The first-order chi connectivity index (χ1) is 13.4. The van der Waals surface area contributed by atoms with Crippen LogP contribution in [-0.2, 0) is 4.79 Å². The first-order valence-corrected chi connectivity index (χ1v) is 8.95. The first-order valence-electron chi connectivity index (χ1n) is 8.95. The van der Waals surface area contributed by atoms with Crippen molar-refractivity contribution in [1.82, 2.24) is 15.5 Å². The average molecular weight is 378 g/mol. The van der Waals surface area contributed by atoms with E-state index in [-0.39, 0.29) is 17.9 Å². The van der Waals surface area contributed by atoms with Gasteiger partial charge in [-0.2, -0.15) is 0 Å². The Morgan fingerprint density at radius 3 is 2.68 bits per heavy atom. The van der Waals surface area contributed by atoms with Gasteiger partial charge in [0.2, 0.25) is 5.91 Å². The molecule has 0 fully saturated rings. The molecule has 28 heavy (non-hydrogen) atoms.